The molecule has 18 heavy (non-hydrogen) atoms. The molecule has 8 heteroatoms. The molecule has 0 aromatic carbocycles. The first-order chi connectivity index (χ1) is 8.47. The predicted octanol–water partition coefficient (Wildman–Crippen LogP) is 0.202. The number of sulfonamides is 1. The molecule has 0 aliphatic rings. The van der Waals surface area contributed by atoms with Crippen LogP contribution >= 0.6 is 0 Å². The number of aromatic nitrogens is 4. The van der Waals surface area contributed by atoms with Gasteiger partial charge in [-0.3, -0.25) is 4.68 Å². The standard InChI is InChI=1S/C10H15N5O2S/c1-8-5-12-15(7-8)4-3-13-18(16,17)10-6-11-9(2)14-10/h5-7,13H,3-4H2,1-2H3,(H,11,14). The molecule has 0 saturated heterocycles. The molecule has 2 N–H and O–H groups in total. The Bertz CT molecular complexity index is 628. The molecule has 2 aromatic heterocycles. The van der Waals surface area contributed by atoms with Crippen LogP contribution in [0.3, 0.4) is 0 Å². The van der Waals surface area contributed by atoms with Crippen LogP contribution in [0.25, 0.3) is 0 Å². The number of aryl methyl sites for hydroxylation is 2. The highest BCUT2D eigenvalue weighted by Crippen LogP contribution is 2.04. The van der Waals surface area contributed by atoms with E-state index in [0.717, 1.165) is 5.56 Å². The van der Waals surface area contributed by atoms with E-state index in [9.17, 15) is 8.42 Å². The second kappa shape index (κ2) is 4.91. The molecule has 2 aromatic rings. The lowest BCUT2D eigenvalue weighted by Crippen LogP contribution is -2.27. The summed E-state index contributed by atoms with van der Waals surface area (Å²) in [5.41, 5.74) is 1.04. The van der Waals surface area contributed by atoms with Crippen molar-refractivity contribution in [1.82, 2.24) is 24.5 Å². The molecule has 0 aliphatic carbocycles. The van der Waals surface area contributed by atoms with Gasteiger partial charge in [0, 0.05) is 12.7 Å². The maximum atomic E-state index is 11.8. The van der Waals surface area contributed by atoms with Gasteiger partial charge in [-0.15, -0.1) is 0 Å². The Hall–Kier alpha value is -1.67. The maximum Gasteiger partial charge on any atom is 0.257 e. The molecular weight excluding hydrogens is 254 g/mol. The summed E-state index contributed by atoms with van der Waals surface area (Å²) in [4.78, 5) is 6.55. The van der Waals surface area contributed by atoms with Crippen LogP contribution in [-0.4, -0.2) is 34.7 Å². The molecule has 0 amide bonds. The zero-order valence-electron chi connectivity index (χ0n) is 10.2. The minimum absolute atomic E-state index is 0.0802. The van der Waals surface area contributed by atoms with Crippen LogP contribution in [0.2, 0.25) is 0 Å². The number of nitrogens with zero attached hydrogens (tertiary/aromatic N) is 3. The lowest BCUT2D eigenvalue weighted by atomic mass is 10.4. The summed E-state index contributed by atoms with van der Waals surface area (Å²) in [5.74, 6) is 0.568. The summed E-state index contributed by atoms with van der Waals surface area (Å²) in [6, 6.07) is 0. The van der Waals surface area contributed by atoms with Crippen LogP contribution < -0.4 is 4.72 Å². The number of hydrogen-bond acceptors (Lipinski definition) is 4. The van der Waals surface area contributed by atoms with Crippen LogP contribution in [0.1, 0.15) is 11.4 Å². The molecule has 2 rings (SSSR count). The van der Waals surface area contributed by atoms with Crippen LogP contribution in [0.4, 0.5) is 0 Å². The van der Waals surface area contributed by atoms with E-state index in [0.29, 0.717) is 12.4 Å². The number of H-pyrrole nitrogens is 1. The first kappa shape index (κ1) is 12.8. The van der Waals surface area contributed by atoms with Crippen molar-refractivity contribution in [2.24, 2.45) is 0 Å². The third-order valence-electron chi connectivity index (χ3n) is 2.36. The molecule has 0 spiro atoms. The van der Waals surface area contributed by atoms with E-state index in [2.05, 4.69) is 19.8 Å². The molecule has 0 unspecified atom stereocenters. The van der Waals surface area contributed by atoms with Gasteiger partial charge in [-0.05, 0) is 19.4 Å². The SMILES string of the molecule is Cc1cnn(CCNS(=O)(=O)c2cnc(C)[nH]2)c1. The van der Waals surface area contributed by atoms with Gasteiger partial charge in [-0.1, -0.05) is 0 Å². The summed E-state index contributed by atoms with van der Waals surface area (Å²) < 4.78 is 27.8. The van der Waals surface area contributed by atoms with Gasteiger partial charge in [-0.2, -0.15) is 5.10 Å². The van der Waals surface area contributed by atoms with E-state index in [1.54, 1.807) is 17.8 Å². The maximum absolute atomic E-state index is 11.8. The Balaban J connectivity index is 1.93. The van der Waals surface area contributed by atoms with Crippen molar-refractivity contribution in [2.45, 2.75) is 25.4 Å². The Kier molecular flexibility index (Phi) is 3.48. The van der Waals surface area contributed by atoms with E-state index in [1.807, 2.05) is 13.1 Å². The smallest absolute Gasteiger partial charge is 0.257 e. The van der Waals surface area contributed by atoms with Crippen LogP contribution in [0, 0.1) is 13.8 Å². The molecule has 0 saturated carbocycles. The van der Waals surface area contributed by atoms with Crippen LogP contribution in [-0.2, 0) is 16.6 Å². The highest BCUT2D eigenvalue weighted by atomic mass is 32.2. The predicted molar refractivity (Wildman–Crippen MR) is 65.5 cm³/mol. The first-order valence-corrected chi connectivity index (χ1v) is 6.96. The summed E-state index contributed by atoms with van der Waals surface area (Å²) >= 11 is 0. The summed E-state index contributed by atoms with van der Waals surface area (Å²) in [6.07, 6.45) is 4.89. The largest absolute Gasteiger partial charge is 0.332 e. The van der Waals surface area contributed by atoms with Crippen molar-refractivity contribution < 1.29 is 8.42 Å². The van der Waals surface area contributed by atoms with Crippen molar-refractivity contribution >= 4 is 10.0 Å². The topological polar surface area (TPSA) is 92.7 Å². The summed E-state index contributed by atoms with van der Waals surface area (Å²) in [7, 11) is -3.51. The van der Waals surface area contributed by atoms with Gasteiger partial charge in [-0.25, -0.2) is 18.1 Å². The number of rotatable bonds is 5. The van der Waals surface area contributed by atoms with Gasteiger partial charge in [0.15, 0.2) is 5.03 Å². The van der Waals surface area contributed by atoms with Crippen molar-refractivity contribution in [3.8, 4) is 0 Å². The van der Waals surface area contributed by atoms with Crippen molar-refractivity contribution in [3.05, 3.63) is 30.0 Å². The molecule has 7 nitrogen and oxygen atoms in total. The lowest BCUT2D eigenvalue weighted by Gasteiger charge is -2.04. The second-order valence-corrected chi connectivity index (χ2v) is 5.75. The quantitative estimate of drug-likeness (QED) is 0.811. The average Bonchev–Trinajstić information content (AvgIpc) is 2.88. The fraction of sp³-hybridized carbons (Fsp3) is 0.400. The fourth-order valence-electron chi connectivity index (χ4n) is 1.50. The van der Waals surface area contributed by atoms with E-state index < -0.39 is 10.0 Å². The number of nitrogens with one attached hydrogen (secondary N) is 2. The monoisotopic (exact) mass is 269 g/mol. The van der Waals surface area contributed by atoms with Gasteiger partial charge in [0.25, 0.3) is 10.0 Å². The van der Waals surface area contributed by atoms with Crippen molar-refractivity contribution in [2.75, 3.05) is 6.54 Å². The molecule has 0 bridgehead atoms. The first-order valence-electron chi connectivity index (χ1n) is 5.48. The Morgan fingerprint density at radius 2 is 2.17 bits per heavy atom. The Morgan fingerprint density at radius 1 is 1.39 bits per heavy atom. The Morgan fingerprint density at radius 3 is 2.72 bits per heavy atom. The van der Waals surface area contributed by atoms with Crippen molar-refractivity contribution in [1.29, 1.82) is 0 Å². The van der Waals surface area contributed by atoms with E-state index >= 15 is 0 Å². The molecule has 98 valence electrons. The highest BCUT2D eigenvalue weighted by molar-refractivity contribution is 7.89. The third-order valence-corrected chi connectivity index (χ3v) is 3.74. The number of imidazole rings is 1. The molecule has 0 atom stereocenters. The molecule has 0 fully saturated rings. The van der Waals surface area contributed by atoms with Crippen LogP contribution in [0.15, 0.2) is 23.6 Å². The second-order valence-electron chi connectivity index (χ2n) is 4.01. The van der Waals surface area contributed by atoms with Crippen molar-refractivity contribution in [3.63, 3.8) is 0 Å². The highest BCUT2D eigenvalue weighted by Gasteiger charge is 2.15. The van der Waals surface area contributed by atoms with Gasteiger partial charge in [0.05, 0.1) is 18.9 Å². The van der Waals surface area contributed by atoms with E-state index in [-0.39, 0.29) is 11.6 Å². The van der Waals surface area contributed by atoms with Gasteiger partial charge in [0.2, 0.25) is 0 Å². The third kappa shape index (κ3) is 2.96. The molecule has 0 radical (unpaired) electrons. The van der Waals surface area contributed by atoms with Gasteiger partial charge in [0.1, 0.15) is 5.82 Å². The fourth-order valence-corrected chi connectivity index (χ4v) is 2.49. The number of hydrogen-bond donors (Lipinski definition) is 2. The average molecular weight is 269 g/mol. The van der Waals surface area contributed by atoms with Crippen LogP contribution in [0.5, 0.6) is 0 Å². The molecule has 2 heterocycles. The lowest BCUT2D eigenvalue weighted by molar-refractivity contribution is 0.558. The summed E-state index contributed by atoms with van der Waals surface area (Å²) in [6.45, 7) is 4.40. The summed E-state index contributed by atoms with van der Waals surface area (Å²) in [5, 5.41) is 4.15. The van der Waals surface area contributed by atoms with Gasteiger partial charge >= 0.3 is 0 Å². The molecule has 0 aliphatic heterocycles. The molecular formula is C10H15N5O2S. The minimum Gasteiger partial charge on any atom is -0.332 e. The van der Waals surface area contributed by atoms with Gasteiger partial charge < -0.3 is 4.98 Å². The zero-order chi connectivity index (χ0) is 13.2. The number of aromatic amines is 1. The normalized spacial score (nSPS) is 11.9. The Labute approximate surface area is 105 Å². The van der Waals surface area contributed by atoms with E-state index in [1.165, 1.54) is 6.20 Å². The van der Waals surface area contributed by atoms with E-state index in [4.69, 9.17) is 0 Å². The zero-order valence-corrected chi connectivity index (χ0v) is 11.0. The minimum atomic E-state index is -3.51.